The lowest BCUT2D eigenvalue weighted by Gasteiger charge is -2.04. The quantitative estimate of drug-likeness (QED) is 0.727. The van der Waals surface area contributed by atoms with Crippen LogP contribution in [0.25, 0.3) is 10.9 Å². The second kappa shape index (κ2) is 4.22. The Hall–Kier alpha value is -1.80. The highest BCUT2D eigenvalue weighted by atomic mass is 35.5. The maximum Gasteiger partial charge on any atom is 0.0650 e. The van der Waals surface area contributed by atoms with Crippen molar-refractivity contribution in [2.45, 2.75) is 6.42 Å². The van der Waals surface area contributed by atoms with E-state index in [1.165, 1.54) is 5.56 Å². The largest absolute Gasteiger partial charge is 0.278 e. The summed E-state index contributed by atoms with van der Waals surface area (Å²) in [7, 11) is 0. The molecule has 1 aromatic heterocycles. The lowest BCUT2D eigenvalue weighted by molar-refractivity contribution is 1.12. The molecular weight excluding hydrogens is 232 g/mol. The molecule has 3 heteroatoms. The standard InChI is InChI=1S/C14H11ClN2/c15-13-4-2-1-3-11(13)7-10-5-6-14-12(8-10)9-16-17-14/h1-6,8-9H,7H2,(H,16,17). The molecule has 84 valence electrons. The molecule has 0 amide bonds. The van der Waals surface area contributed by atoms with Gasteiger partial charge in [-0.05, 0) is 35.7 Å². The van der Waals surface area contributed by atoms with Gasteiger partial charge in [-0.1, -0.05) is 35.9 Å². The van der Waals surface area contributed by atoms with Gasteiger partial charge >= 0.3 is 0 Å². The summed E-state index contributed by atoms with van der Waals surface area (Å²) in [5.41, 5.74) is 3.46. The van der Waals surface area contributed by atoms with Crippen LogP contribution in [0.15, 0.2) is 48.7 Å². The number of rotatable bonds is 2. The summed E-state index contributed by atoms with van der Waals surface area (Å²) < 4.78 is 0. The van der Waals surface area contributed by atoms with E-state index in [1.807, 2.05) is 24.4 Å². The molecule has 0 unspecified atom stereocenters. The second-order valence-corrected chi connectivity index (χ2v) is 4.47. The van der Waals surface area contributed by atoms with Crippen LogP contribution in [-0.2, 0) is 6.42 Å². The van der Waals surface area contributed by atoms with E-state index < -0.39 is 0 Å². The minimum atomic E-state index is 0.819. The van der Waals surface area contributed by atoms with Crippen molar-refractivity contribution in [1.29, 1.82) is 0 Å². The average Bonchev–Trinajstić information content (AvgIpc) is 2.79. The fraction of sp³-hybridized carbons (Fsp3) is 0.0714. The molecule has 1 heterocycles. The normalized spacial score (nSPS) is 10.9. The van der Waals surface area contributed by atoms with Crippen LogP contribution in [0.5, 0.6) is 0 Å². The highest BCUT2D eigenvalue weighted by molar-refractivity contribution is 6.31. The van der Waals surface area contributed by atoms with Crippen LogP contribution in [0.3, 0.4) is 0 Å². The highest BCUT2D eigenvalue weighted by Crippen LogP contribution is 2.21. The summed E-state index contributed by atoms with van der Waals surface area (Å²) in [6.07, 6.45) is 2.69. The molecule has 3 rings (SSSR count). The van der Waals surface area contributed by atoms with E-state index in [4.69, 9.17) is 11.6 Å². The van der Waals surface area contributed by atoms with E-state index in [2.05, 4.69) is 34.5 Å². The second-order valence-electron chi connectivity index (χ2n) is 4.06. The monoisotopic (exact) mass is 242 g/mol. The molecule has 0 aliphatic rings. The number of hydrogen-bond donors (Lipinski definition) is 1. The maximum absolute atomic E-state index is 6.15. The predicted molar refractivity (Wildman–Crippen MR) is 70.4 cm³/mol. The third-order valence-corrected chi connectivity index (χ3v) is 3.23. The molecule has 0 radical (unpaired) electrons. The Bertz CT molecular complexity index is 658. The Balaban J connectivity index is 1.97. The molecule has 0 spiro atoms. The maximum atomic E-state index is 6.15. The topological polar surface area (TPSA) is 28.7 Å². The Morgan fingerprint density at radius 2 is 2.00 bits per heavy atom. The van der Waals surface area contributed by atoms with Gasteiger partial charge in [0.15, 0.2) is 0 Å². The first-order valence-electron chi connectivity index (χ1n) is 5.48. The van der Waals surface area contributed by atoms with Crippen LogP contribution < -0.4 is 0 Å². The van der Waals surface area contributed by atoms with Crippen molar-refractivity contribution in [3.05, 3.63) is 64.8 Å². The smallest absolute Gasteiger partial charge is 0.0650 e. The van der Waals surface area contributed by atoms with Crippen molar-refractivity contribution in [2.24, 2.45) is 0 Å². The van der Waals surface area contributed by atoms with E-state index >= 15 is 0 Å². The molecule has 0 aliphatic heterocycles. The molecule has 0 aliphatic carbocycles. The number of nitrogens with one attached hydrogen (secondary N) is 1. The van der Waals surface area contributed by atoms with Gasteiger partial charge in [-0.2, -0.15) is 5.10 Å². The van der Waals surface area contributed by atoms with Gasteiger partial charge in [-0.25, -0.2) is 0 Å². The Morgan fingerprint density at radius 3 is 2.88 bits per heavy atom. The Labute approximate surface area is 104 Å². The van der Waals surface area contributed by atoms with Crippen LogP contribution in [-0.4, -0.2) is 10.2 Å². The van der Waals surface area contributed by atoms with Crippen molar-refractivity contribution < 1.29 is 0 Å². The number of hydrogen-bond acceptors (Lipinski definition) is 1. The molecular formula is C14H11ClN2. The minimum absolute atomic E-state index is 0.819. The Kier molecular flexibility index (Phi) is 2.57. The number of benzene rings is 2. The van der Waals surface area contributed by atoms with E-state index in [0.29, 0.717) is 0 Å². The van der Waals surface area contributed by atoms with Crippen molar-refractivity contribution in [3.63, 3.8) is 0 Å². The van der Waals surface area contributed by atoms with Gasteiger partial charge in [0.2, 0.25) is 0 Å². The zero-order valence-electron chi connectivity index (χ0n) is 9.15. The van der Waals surface area contributed by atoms with Crippen LogP contribution in [0.4, 0.5) is 0 Å². The van der Waals surface area contributed by atoms with Gasteiger partial charge in [0, 0.05) is 10.4 Å². The van der Waals surface area contributed by atoms with Crippen molar-refractivity contribution in [3.8, 4) is 0 Å². The zero-order chi connectivity index (χ0) is 11.7. The van der Waals surface area contributed by atoms with Gasteiger partial charge in [-0.3, -0.25) is 5.10 Å². The molecule has 0 fully saturated rings. The van der Waals surface area contributed by atoms with Gasteiger partial charge in [0.25, 0.3) is 0 Å². The molecule has 0 saturated heterocycles. The summed E-state index contributed by atoms with van der Waals surface area (Å²) in [5.74, 6) is 0. The number of halogens is 1. The van der Waals surface area contributed by atoms with Crippen molar-refractivity contribution in [2.75, 3.05) is 0 Å². The van der Waals surface area contributed by atoms with E-state index in [9.17, 15) is 0 Å². The average molecular weight is 243 g/mol. The van der Waals surface area contributed by atoms with Crippen molar-refractivity contribution >= 4 is 22.5 Å². The molecule has 2 aromatic carbocycles. The minimum Gasteiger partial charge on any atom is -0.278 e. The summed E-state index contributed by atoms with van der Waals surface area (Å²) >= 11 is 6.15. The molecule has 2 nitrogen and oxygen atoms in total. The third kappa shape index (κ3) is 2.04. The van der Waals surface area contributed by atoms with Crippen LogP contribution in [0.1, 0.15) is 11.1 Å². The number of fused-ring (bicyclic) bond motifs is 1. The fourth-order valence-electron chi connectivity index (χ4n) is 1.96. The SMILES string of the molecule is Clc1ccccc1Cc1ccc2[nH]ncc2c1. The zero-order valence-corrected chi connectivity index (χ0v) is 9.91. The molecule has 17 heavy (non-hydrogen) atoms. The van der Waals surface area contributed by atoms with Crippen LogP contribution in [0.2, 0.25) is 5.02 Å². The lowest BCUT2D eigenvalue weighted by atomic mass is 10.0. The first-order valence-corrected chi connectivity index (χ1v) is 5.86. The van der Waals surface area contributed by atoms with Crippen LogP contribution in [0, 0.1) is 0 Å². The van der Waals surface area contributed by atoms with Crippen molar-refractivity contribution in [1.82, 2.24) is 10.2 Å². The molecule has 0 atom stereocenters. The fourth-order valence-corrected chi connectivity index (χ4v) is 2.17. The van der Waals surface area contributed by atoms with E-state index in [-0.39, 0.29) is 0 Å². The Morgan fingerprint density at radius 1 is 1.12 bits per heavy atom. The van der Waals surface area contributed by atoms with Crippen LogP contribution >= 0.6 is 11.6 Å². The summed E-state index contributed by atoms with van der Waals surface area (Å²) in [5, 5.41) is 8.91. The summed E-state index contributed by atoms with van der Waals surface area (Å²) in [6, 6.07) is 14.2. The first-order chi connectivity index (χ1) is 8.33. The first kappa shape index (κ1) is 10.4. The van der Waals surface area contributed by atoms with E-state index in [0.717, 1.165) is 27.9 Å². The third-order valence-electron chi connectivity index (χ3n) is 2.86. The number of H-pyrrole nitrogens is 1. The molecule has 1 N–H and O–H groups in total. The van der Waals surface area contributed by atoms with E-state index in [1.54, 1.807) is 0 Å². The molecule has 3 aromatic rings. The molecule has 0 bridgehead atoms. The van der Waals surface area contributed by atoms with Gasteiger partial charge < -0.3 is 0 Å². The van der Waals surface area contributed by atoms with Gasteiger partial charge in [0.05, 0.1) is 11.7 Å². The summed E-state index contributed by atoms with van der Waals surface area (Å²) in [4.78, 5) is 0. The number of aromatic amines is 1. The van der Waals surface area contributed by atoms with Gasteiger partial charge in [-0.15, -0.1) is 0 Å². The number of aromatic nitrogens is 2. The highest BCUT2D eigenvalue weighted by Gasteiger charge is 2.02. The molecule has 0 saturated carbocycles. The lowest BCUT2D eigenvalue weighted by Crippen LogP contribution is -1.88. The van der Waals surface area contributed by atoms with Gasteiger partial charge in [0.1, 0.15) is 0 Å². The summed E-state index contributed by atoms with van der Waals surface area (Å²) in [6.45, 7) is 0. The predicted octanol–water partition coefficient (Wildman–Crippen LogP) is 3.81. The number of nitrogens with zero attached hydrogens (tertiary/aromatic N) is 1.